The fourth-order valence-electron chi connectivity index (χ4n) is 3.48. The van der Waals surface area contributed by atoms with E-state index in [4.69, 9.17) is 0 Å². The molecular formula is C15H21Cl2SiZr. The zero-order valence-corrected chi connectivity index (χ0v) is 17.4. The molecule has 0 radical (unpaired) electrons. The van der Waals surface area contributed by atoms with Crippen LogP contribution < -0.4 is 24.8 Å². The molecule has 0 spiro atoms. The largest absolute Gasteiger partial charge is 1.00 e. The SMILES string of the molecule is CC1=C(C)C(C2=CC=CC2)([SiH](C)C)[C]([Zr+2])=C1C.[Cl-].[Cl-]. The number of hydrogen-bond donors (Lipinski definition) is 0. The Hall–Kier alpha value is 0.640. The summed E-state index contributed by atoms with van der Waals surface area (Å²) in [5.41, 5.74) is 6.46. The Morgan fingerprint density at radius 2 is 1.68 bits per heavy atom. The Kier molecular flexibility index (Phi) is 7.31. The van der Waals surface area contributed by atoms with E-state index in [0.717, 1.165) is 0 Å². The molecule has 19 heavy (non-hydrogen) atoms. The molecule has 1 unspecified atom stereocenters. The van der Waals surface area contributed by atoms with Gasteiger partial charge in [-0.15, -0.1) is 0 Å². The Morgan fingerprint density at radius 1 is 1.11 bits per heavy atom. The Bertz CT molecular complexity index is 460. The molecule has 0 bridgehead atoms. The first-order valence-electron chi connectivity index (χ1n) is 6.41. The maximum Gasteiger partial charge on any atom is -1.00 e. The van der Waals surface area contributed by atoms with Gasteiger partial charge >= 0.3 is 123 Å². The summed E-state index contributed by atoms with van der Waals surface area (Å²) in [7, 11) is -0.806. The van der Waals surface area contributed by atoms with E-state index in [9.17, 15) is 0 Å². The molecule has 0 nitrogen and oxygen atoms in total. The van der Waals surface area contributed by atoms with Gasteiger partial charge in [-0.3, -0.25) is 0 Å². The van der Waals surface area contributed by atoms with Gasteiger partial charge in [0.25, 0.3) is 0 Å². The molecule has 0 saturated heterocycles. The maximum atomic E-state index is 2.51. The van der Waals surface area contributed by atoms with Crippen molar-refractivity contribution < 1.29 is 49.5 Å². The Balaban J connectivity index is 0.00000162. The van der Waals surface area contributed by atoms with Crippen molar-refractivity contribution in [1.29, 1.82) is 0 Å². The van der Waals surface area contributed by atoms with Crippen molar-refractivity contribution in [2.45, 2.75) is 45.3 Å². The summed E-state index contributed by atoms with van der Waals surface area (Å²) in [5.74, 6) is 0. The predicted molar refractivity (Wildman–Crippen MR) is 74.5 cm³/mol. The third kappa shape index (κ3) is 2.71. The average Bonchev–Trinajstić information content (AvgIpc) is 2.85. The first kappa shape index (κ1) is 19.6. The number of halogens is 2. The van der Waals surface area contributed by atoms with Gasteiger partial charge in [0.05, 0.1) is 0 Å². The van der Waals surface area contributed by atoms with Crippen molar-refractivity contribution in [3.05, 3.63) is 43.8 Å². The molecule has 2 rings (SSSR count). The molecule has 0 fully saturated rings. The maximum absolute atomic E-state index is 2.51. The smallest absolute Gasteiger partial charge is 1.00 e. The van der Waals surface area contributed by atoms with Crippen LogP contribution in [0, 0.1) is 0 Å². The predicted octanol–water partition coefficient (Wildman–Crippen LogP) is -1.72. The molecule has 2 aliphatic rings. The number of allylic oxidation sites excluding steroid dienone is 8. The van der Waals surface area contributed by atoms with Crippen LogP contribution in [0.3, 0.4) is 0 Å². The molecule has 0 aromatic rings. The zero-order chi connectivity index (χ0) is 12.8. The van der Waals surface area contributed by atoms with Crippen molar-refractivity contribution in [3.63, 3.8) is 0 Å². The molecule has 0 aromatic heterocycles. The van der Waals surface area contributed by atoms with E-state index in [1.807, 2.05) is 0 Å². The zero-order valence-electron chi connectivity index (χ0n) is 12.3. The second kappa shape index (κ2) is 7.07. The second-order valence-corrected chi connectivity index (χ2v) is 9.94. The molecule has 0 aromatic carbocycles. The molecule has 103 valence electrons. The van der Waals surface area contributed by atoms with Crippen LogP contribution in [0.4, 0.5) is 0 Å². The van der Waals surface area contributed by atoms with Crippen molar-refractivity contribution >= 4 is 8.80 Å². The Morgan fingerprint density at radius 3 is 2.00 bits per heavy atom. The van der Waals surface area contributed by atoms with E-state index in [0.29, 0.717) is 5.04 Å². The summed E-state index contributed by atoms with van der Waals surface area (Å²) in [5, 5.41) is 0.371. The summed E-state index contributed by atoms with van der Waals surface area (Å²) in [6, 6.07) is 0. The molecule has 2 aliphatic carbocycles. The fraction of sp³-hybridized carbons (Fsp3) is 0.467. The van der Waals surface area contributed by atoms with Crippen LogP contribution in [-0.4, -0.2) is 8.80 Å². The Labute approximate surface area is 146 Å². The third-order valence-corrected chi connectivity index (χ3v) is 10.1. The number of rotatable bonds is 2. The van der Waals surface area contributed by atoms with Crippen LogP contribution in [0.2, 0.25) is 18.1 Å². The van der Waals surface area contributed by atoms with Gasteiger partial charge < -0.3 is 24.8 Å². The fourth-order valence-corrected chi connectivity index (χ4v) is 9.76. The van der Waals surface area contributed by atoms with Crippen LogP contribution in [0.25, 0.3) is 0 Å². The minimum atomic E-state index is -0.806. The first-order valence-corrected chi connectivity index (χ1v) is 10.5. The van der Waals surface area contributed by atoms with Crippen molar-refractivity contribution in [3.8, 4) is 0 Å². The molecular weight excluding hydrogens is 370 g/mol. The first-order chi connectivity index (χ1) is 7.94. The molecule has 0 aliphatic heterocycles. The normalized spacial score (nSPS) is 25.8. The molecule has 0 N–H and O–H groups in total. The van der Waals surface area contributed by atoms with Gasteiger partial charge in [-0.1, -0.05) is 0 Å². The van der Waals surface area contributed by atoms with Gasteiger partial charge in [0.15, 0.2) is 0 Å². The van der Waals surface area contributed by atoms with E-state index in [1.54, 1.807) is 50.3 Å². The topological polar surface area (TPSA) is 0 Å². The summed E-state index contributed by atoms with van der Waals surface area (Å²) in [6.07, 6.45) is 8.11. The molecule has 0 heterocycles. The standard InChI is InChI=1S/C15H21Si.2ClH.Zr/c1-11-10-15(16(4)5,13(3)12(11)2)14-8-6-7-9-14;;;/h6-8,16H,9H2,1-5H3;2*1H;/q;;;+2/p-2. The quantitative estimate of drug-likeness (QED) is 0.492. The van der Waals surface area contributed by atoms with Crippen LogP contribution in [-0.2, 0) is 24.7 Å². The summed E-state index contributed by atoms with van der Waals surface area (Å²) in [4.78, 5) is 0. The van der Waals surface area contributed by atoms with Crippen LogP contribution in [0.15, 0.2) is 43.8 Å². The molecule has 4 heteroatoms. The van der Waals surface area contributed by atoms with Crippen LogP contribution in [0.1, 0.15) is 27.2 Å². The van der Waals surface area contributed by atoms with E-state index in [2.05, 4.69) is 52.1 Å². The van der Waals surface area contributed by atoms with Crippen molar-refractivity contribution in [2.75, 3.05) is 0 Å². The minimum Gasteiger partial charge on any atom is -1.00 e. The van der Waals surface area contributed by atoms with Gasteiger partial charge in [-0.05, 0) is 0 Å². The van der Waals surface area contributed by atoms with E-state index in [1.165, 1.54) is 6.42 Å². The van der Waals surface area contributed by atoms with Crippen molar-refractivity contribution in [1.82, 2.24) is 0 Å². The average molecular weight is 392 g/mol. The van der Waals surface area contributed by atoms with Gasteiger partial charge in [0.1, 0.15) is 0 Å². The third-order valence-electron chi connectivity index (χ3n) is 4.63. The summed E-state index contributed by atoms with van der Waals surface area (Å²) in [6.45, 7) is 12.0. The van der Waals surface area contributed by atoms with E-state index >= 15 is 0 Å². The monoisotopic (exact) mass is 389 g/mol. The molecule has 0 amide bonds. The summed E-state index contributed by atoms with van der Waals surface area (Å²) >= 11 is 1.61. The molecule has 1 atom stereocenters. The van der Waals surface area contributed by atoms with Gasteiger partial charge in [0.2, 0.25) is 0 Å². The minimum absolute atomic E-state index is 0. The molecule has 0 saturated carbocycles. The van der Waals surface area contributed by atoms with E-state index < -0.39 is 8.80 Å². The van der Waals surface area contributed by atoms with Gasteiger partial charge in [-0.2, -0.15) is 0 Å². The van der Waals surface area contributed by atoms with Crippen LogP contribution >= 0.6 is 0 Å². The summed E-state index contributed by atoms with van der Waals surface area (Å²) < 4.78 is 1.72. The van der Waals surface area contributed by atoms with Crippen molar-refractivity contribution in [2.24, 2.45) is 0 Å². The van der Waals surface area contributed by atoms with E-state index in [-0.39, 0.29) is 24.8 Å². The second-order valence-electron chi connectivity index (χ2n) is 5.54. The van der Waals surface area contributed by atoms with Crippen LogP contribution in [0.5, 0.6) is 0 Å². The van der Waals surface area contributed by atoms with Gasteiger partial charge in [-0.25, -0.2) is 0 Å². The van der Waals surface area contributed by atoms with Gasteiger partial charge in [0, 0.05) is 0 Å². The number of hydrogen-bond acceptors (Lipinski definition) is 0.